The van der Waals surface area contributed by atoms with Crippen molar-refractivity contribution in [3.8, 4) is 6.07 Å². The van der Waals surface area contributed by atoms with E-state index in [1.165, 1.54) is 16.2 Å². The van der Waals surface area contributed by atoms with Crippen LogP contribution in [0, 0.1) is 31.1 Å². The summed E-state index contributed by atoms with van der Waals surface area (Å²) in [5.41, 5.74) is 3.24. The van der Waals surface area contributed by atoms with Crippen molar-refractivity contribution < 1.29 is 18.8 Å². The molecule has 1 aliphatic rings. The molecule has 0 fully saturated rings. The second kappa shape index (κ2) is 8.57. The van der Waals surface area contributed by atoms with Crippen LogP contribution in [0.25, 0.3) is 0 Å². The number of nitrogens with one attached hydrogen (secondary N) is 1. The lowest BCUT2D eigenvalue weighted by Crippen LogP contribution is -2.21. The Labute approximate surface area is 167 Å². The van der Waals surface area contributed by atoms with Crippen LogP contribution in [-0.2, 0) is 33.6 Å². The summed E-state index contributed by atoms with van der Waals surface area (Å²) in [6, 6.07) is 2.21. The number of hydrogen-bond acceptors (Lipinski definition) is 7. The predicted octanol–water partition coefficient (Wildman–Crippen LogP) is 3.46. The third-order valence-corrected chi connectivity index (χ3v) is 6.17. The zero-order valence-electron chi connectivity index (χ0n) is 16.3. The highest BCUT2D eigenvalue weighted by molar-refractivity contribution is 7.16. The van der Waals surface area contributed by atoms with Gasteiger partial charge in [0.05, 0.1) is 11.3 Å². The van der Waals surface area contributed by atoms with E-state index in [1.807, 2.05) is 6.92 Å². The summed E-state index contributed by atoms with van der Waals surface area (Å²) in [4.78, 5) is 25.3. The molecule has 0 bridgehead atoms. The number of aryl methyl sites for hydroxylation is 2. The average molecular weight is 401 g/mol. The fourth-order valence-electron chi connectivity index (χ4n) is 3.42. The smallest absolute Gasteiger partial charge is 0.306 e. The molecule has 0 saturated carbocycles. The number of rotatable bonds is 6. The summed E-state index contributed by atoms with van der Waals surface area (Å²) in [5, 5.41) is 16.6. The molecule has 0 spiro atoms. The number of carbonyl (C=O) groups is 2. The number of amides is 1. The van der Waals surface area contributed by atoms with Crippen molar-refractivity contribution >= 4 is 28.2 Å². The molecule has 2 heterocycles. The Morgan fingerprint density at radius 3 is 2.89 bits per heavy atom. The van der Waals surface area contributed by atoms with E-state index in [4.69, 9.17) is 9.26 Å². The minimum atomic E-state index is -0.463. The van der Waals surface area contributed by atoms with Crippen LogP contribution in [0.4, 0.5) is 5.00 Å². The minimum Gasteiger partial charge on any atom is -0.456 e. The second-order valence-electron chi connectivity index (χ2n) is 7.18. The number of nitriles is 1. The molecule has 0 aromatic carbocycles. The molecule has 1 aliphatic carbocycles. The molecule has 2 aromatic rings. The highest BCUT2D eigenvalue weighted by atomic mass is 32.1. The first kappa shape index (κ1) is 20.1. The molecule has 0 aliphatic heterocycles. The third-order valence-electron chi connectivity index (χ3n) is 5.00. The van der Waals surface area contributed by atoms with Gasteiger partial charge in [-0.15, -0.1) is 11.3 Å². The topological polar surface area (TPSA) is 105 Å². The SMILES string of the molecule is Cc1noc(C)c1CCC(=O)OCC(=O)Nc1sc2c(c1C#N)CC[C@@H](C)C2. The van der Waals surface area contributed by atoms with Crippen molar-refractivity contribution in [2.45, 2.75) is 52.9 Å². The molecule has 2 aromatic heterocycles. The lowest BCUT2D eigenvalue weighted by atomic mass is 9.89. The Kier molecular flexibility index (Phi) is 6.15. The van der Waals surface area contributed by atoms with E-state index in [-0.39, 0.29) is 13.0 Å². The first-order chi connectivity index (χ1) is 13.4. The van der Waals surface area contributed by atoms with Gasteiger partial charge in [-0.05, 0) is 51.0 Å². The molecule has 0 unspecified atom stereocenters. The molecule has 0 saturated heterocycles. The first-order valence-electron chi connectivity index (χ1n) is 9.30. The van der Waals surface area contributed by atoms with Crippen LogP contribution in [0.15, 0.2) is 4.52 Å². The Morgan fingerprint density at radius 2 is 2.21 bits per heavy atom. The van der Waals surface area contributed by atoms with Crippen molar-refractivity contribution in [3.05, 3.63) is 33.0 Å². The van der Waals surface area contributed by atoms with E-state index in [2.05, 4.69) is 23.5 Å². The lowest BCUT2D eigenvalue weighted by molar-refractivity contribution is -0.147. The van der Waals surface area contributed by atoms with Crippen molar-refractivity contribution in [1.29, 1.82) is 5.26 Å². The van der Waals surface area contributed by atoms with E-state index < -0.39 is 11.9 Å². The van der Waals surface area contributed by atoms with Gasteiger partial charge in [0, 0.05) is 16.9 Å². The molecule has 7 nitrogen and oxygen atoms in total. The summed E-state index contributed by atoms with van der Waals surface area (Å²) >= 11 is 1.45. The van der Waals surface area contributed by atoms with Gasteiger partial charge in [0.2, 0.25) is 0 Å². The van der Waals surface area contributed by atoms with Gasteiger partial charge in [-0.2, -0.15) is 5.26 Å². The molecular formula is C20H23N3O4S. The fraction of sp³-hybridized carbons (Fsp3) is 0.500. The van der Waals surface area contributed by atoms with E-state index in [0.29, 0.717) is 28.7 Å². The number of anilines is 1. The van der Waals surface area contributed by atoms with Gasteiger partial charge < -0.3 is 14.6 Å². The van der Waals surface area contributed by atoms with Crippen LogP contribution < -0.4 is 5.32 Å². The van der Waals surface area contributed by atoms with Crippen molar-refractivity contribution in [1.82, 2.24) is 5.16 Å². The van der Waals surface area contributed by atoms with Crippen LogP contribution in [0.3, 0.4) is 0 Å². The maximum Gasteiger partial charge on any atom is 0.306 e. The highest BCUT2D eigenvalue weighted by Crippen LogP contribution is 2.39. The number of thiophene rings is 1. The third kappa shape index (κ3) is 4.42. The molecule has 8 heteroatoms. The van der Waals surface area contributed by atoms with Crippen LogP contribution in [0.1, 0.15) is 52.8 Å². The van der Waals surface area contributed by atoms with Crippen LogP contribution in [0.2, 0.25) is 0 Å². The van der Waals surface area contributed by atoms with Gasteiger partial charge >= 0.3 is 5.97 Å². The van der Waals surface area contributed by atoms with Gasteiger partial charge in [0.1, 0.15) is 16.8 Å². The van der Waals surface area contributed by atoms with Gasteiger partial charge in [0.25, 0.3) is 5.91 Å². The van der Waals surface area contributed by atoms with E-state index in [1.54, 1.807) is 6.92 Å². The summed E-state index contributed by atoms with van der Waals surface area (Å²) < 4.78 is 10.1. The summed E-state index contributed by atoms with van der Waals surface area (Å²) in [6.07, 6.45) is 3.44. The Morgan fingerprint density at radius 1 is 1.43 bits per heavy atom. The fourth-order valence-corrected chi connectivity index (χ4v) is 4.80. The standard InChI is InChI=1S/C20H23N3O4S/c1-11-4-5-15-16(9-21)20(28-17(15)8-11)22-18(24)10-26-19(25)7-6-14-12(2)23-27-13(14)3/h11H,4-8,10H2,1-3H3,(H,22,24)/t11-/m1/s1. The molecule has 0 radical (unpaired) electrons. The maximum atomic E-state index is 12.2. The largest absolute Gasteiger partial charge is 0.456 e. The molecule has 148 valence electrons. The number of aromatic nitrogens is 1. The summed E-state index contributed by atoms with van der Waals surface area (Å²) in [7, 11) is 0. The molecule has 1 amide bonds. The van der Waals surface area contributed by atoms with Crippen LogP contribution in [-0.4, -0.2) is 23.6 Å². The quantitative estimate of drug-likeness (QED) is 0.743. The first-order valence-corrected chi connectivity index (χ1v) is 10.1. The Hall–Kier alpha value is -2.66. The van der Waals surface area contributed by atoms with Crippen LogP contribution in [0.5, 0.6) is 0 Å². The summed E-state index contributed by atoms with van der Waals surface area (Å²) in [6.45, 7) is 5.43. The Bertz CT molecular complexity index is 919. The van der Waals surface area contributed by atoms with Crippen molar-refractivity contribution in [2.24, 2.45) is 5.92 Å². The summed E-state index contributed by atoms with van der Waals surface area (Å²) in [5.74, 6) is 0.367. The number of hydrogen-bond donors (Lipinski definition) is 1. The monoisotopic (exact) mass is 401 g/mol. The van der Waals surface area contributed by atoms with Gasteiger partial charge in [-0.25, -0.2) is 0 Å². The van der Waals surface area contributed by atoms with Crippen molar-refractivity contribution in [2.75, 3.05) is 11.9 Å². The van der Waals surface area contributed by atoms with Gasteiger partial charge in [-0.3, -0.25) is 9.59 Å². The number of nitrogens with zero attached hydrogens (tertiary/aromatic N) is 2. The number of carbonyl (C=O) groups excluding carboxylic acids is 2. The normalized spacial score (nSPS) is 15.6. The zero-order chi connectivity index (χ0) is 20.3. The Balaban J connectivity index is 1.52. The van der Waals surface area contributed by atoms with Crippen LogP contribution >= 0.6 is 11.3 Å². The number of fused-ring (bicyclic) bond motifs is 1. The predicted molar refractivity (Wildman–Crippen MR) is 104 cm³/mol. The van der Waals surface area contributed by atoms with E-state index >= 15 is 0 Å². The molecule has 3 rings (SSSR count). The highest BCUT2D eigenvalue weighted by Gasteiger charge is 2.24. The van der Waals surface area contributed by atoms with E-state index in [0.717, 1.165) is 36.1 Å². The molecule has 1 atom stereocenters. The lowest BCUT2D eigenvalue weighted by Gasteiger charge is -2.17. The van der Waals surface area contributed by atoms with Gasteiger partial charge in [0.15, 0.2) is 6.61 Å². The van der Waals surface area contributed by atoms with Gasteiger partial charge in [-0.1, -0.05) is 12.1 Å². The molecule has 28 heavy (non-hydrogen) atoms. The minimum absolute atomic E-state index is 0.144. The molecular weight excluding hydrogens is 378 g/mol. The maximum absolute atomic E-state index is 12.2. The number of esters is 1. The van der Waals surface area contributed by atoms with E-state index in [9.17, 15) is 14.9 Å². The molecule has 1 N–H and O–H groups in total. The van der Waals surface area contributed by atoms with Crippen molar-refractivity contribution in [3.63, 3.8) is 0 Å². The number of ether oxygens (including phenoxy) is 1. The average Bonchev–Trinajstić information content (AvgIpc) is 3.16. The zero-order valence-corrected chi connectivity index (χ0v) is 17.1. The second-order valence-corrected chi connectivity index (χ2v) is 8.28.